The predicted molar refractivity (Wildman–Crippen MR) is 41.9 cm³/mol. The molecule has 1 saturated heterocycles. The van der Waals surface area contributed by atoms with Gasteiger partial charge in [-0.1, -0.05) is 0 Å². The van der Waals surface area contributed by atoms with Gasteiger partial charge >= 0.3 is 0 Å². The van der Waals surface area contributed by atoms with Crippen molar-refractivity contribution >= 4 is 5.78 Å². The number of ketones is 1. The summed E-state index contributed by atoms with van der Waals surface area (Å²) < 4.78 is 5.23. The molecule has 1 aliphatic rings. The highest BCUT2D eigenvalue weighted by molar-refractivity contribution is 5.96. The molecule has 64 valence electrons. The number of ether oxygens (including phenoxy) is 1. The van der Waals surface area contributed by atoms with Crippen LogP contribution in [0.25, 0.3) is 0 Å². The number of hydrogen-bond donors (Lipinski definition) is 1. The van der Waals surface area contributed by atoms with Crippen LogP contribution < -0.4 is 0 Å². The molecule has 2 heterocycles. The number of carbonyl (C=O) groups excluding carboxylic acids is 1. The van der Waals surface area contributed by atoms with Crippen molar-refractivity contribution in [3.05, 3.63) is 18.2 Å². The van der Waals surface area contributed by atoms with Crippen LogP contribution in [0.3, 0.4) is 0 Å². The second-order valence-electron chi connectivity index (χ2n) is 2.80. The van der Waals surface area contributed by atoms with E-state index in [1.165, 1.54) is 0 Å². The molecular formula is C8H10N2O2. The van der Waals surface area contributed by atoms with Crippen LogP contribution in [-0.4, -0.2) is 28.5 Å². The van der Waals surface area contributed by atoms with Gasteiger partial charge < -0.3 is 9.72 Å². The zero-order valence-corrected chi connectivity index (χ0v) is 6.62. The fourth-order valence-corrected chi connectivity index (χ4v) is 1.34. The lowest BCUT2D eigenvalue weighted by molar-refractivity contribution is 0.0633. The Morgan fingerprint density at radius 3 is 3.25 bits per heavy atom. The van der Waals surface area contributed by atoms with Crippen LogP contribution >= 0.6 is 0 Å². The van der Waals surface area contributed by atoms with Crippen LogP contribution in [0.5, 0.6) is 0 Å². The van der Waals surface area contributed by atoms with Crippen molar-refractivity contribution in [2.24, 2.45) is 0 Å². The Kier molecular flexibility index (Phi) is 1.91. The normalized spacial score (nSPS) is 22.8. The quantitative estimate of drug-likeness (QED) is 0.660. The van der Waals surface area contributed by atoms with E-state index in [0.29, 0.717) is 12.4 Å². The zero-order chi connectivity index (χ0) is 8.39. The number of nitrogens with one attached hydrogen (secondary N) is 1. The average Bonchev–Trinajstić information content (AvgIpc) is 2.77. The molecule has 1 aromatic heterocycles. The number of aromatic nitrogens is 2. The van der Waals surface area contributed by atoms with E-state index in [9.17, 15) is 4.79 Å². The minimum atomic E-state index is -0.267. The van der Waals surface area contributed by atoms with E-state index < -0.39 is 0 Å². The van der Waals surface area contributed by atoms with E-state index in [1.807, 2.05) is 0 Å². The SMILES string of the molecule is O=C(c1ncc[nH]1)C1CCCO1. The first kappa shape index (κ1) is 7.49. The summed E-state index contributed by atoms with van der Waals surface area (Å²) in [5.74, 6) is 0.374. The van der Waals surface area contributed by atoms with E-state index in [0.717, 1.165) is 12.8 Å². The predicted octanol–water partition coefficient (Wildman–Crippen LogP) is 0.771. The summed E-state index contributed by atoms with van der Waals surface area (Å²) >= 11 is 0. The lowest BCUT2D eigenvalue weighted by atomic mass is 10.1. The molecule has 12 heavy (non-hydrogen) atoms. The number of H-pyrrole nitrogens is 1. The molecule has 1 aromatic rings. The van der Waals surface area contributed by atoms with E-state index in [2.05, 4.69) is 9.97 Å². The molecular weight excluding hydrogens is 156 g/mol. The molecule has 0 bridgehead atoms. The van der Waals surface area contributed by atoms with Crippen LogP contribution in [0.15, 0.2) is 12.4 Å². The van der Waals surface area contributed by atoms with Crippen molar-refractivity contribution in [3.8, 4) is 0 Å². The van der Waals surface area contributed by atoms with Crippen LogP contribution in [0.1, 0.15) is 23.5 Å². The van der Waals surface area contributed by atoms with Crippen LogP contribution in [0.4, 0.5) is 0 Å². The van der Waals surface area contributed by atoms with E-state index in [1.54, 1.807) is 12.4 Å². The van der Waals surface area contributed by atoms with Gasteiger partial charge in [-0.05, 0) is 12.8 Å². The molecule has 1 N–H and O–H groups in total. The summed E-state index contributed by atoms with van der Waals surface area (Å²) in [7, 11) is 0. The smallest absolute Gasteiger partial charge is 0.226 e. The molecule has 1 unspecified atom stereocenters. The molecule has 1 aliphatic heterocycles. The molecule has 0 saturated carbocycles. The summed E-state index contributed by atoms with van der Waals surface area (Å²) in [4.78, 5) is 18.1. The lowest BCUT2D eigenvalue weighted by Gasteiger charge is -2.04. The number of hydrogen-bond acceptors (Lipinski definition) is 3. The summed E-state index contributed by atoms with van der Waals surface area (Å²) in [6.45, 7) is 0.692. The van der Waals surface area contributed by atoms with Gasteiger partial charge in [0.15, 0.2) is 5.82 Å². The molecule has 0 aromatic carbocycles. The molecule has 2 rings (SSSR count). The number of carbonyl (C=O) groups is 1. The molecule has 0 spiro atoms. The van der Waals surface area contributed by atoms with Crippen LogP contribution in [-0.2, 0) is 4.74 Å². The Bertz CT molecular complexity index is 263. The van der Waals surface area contributed by atoms with Crippen LogP contribution in [0.2, 0.25) is 0 Å². The average molecular weight is 166 g/mol. The van der Waals surface area contributed by atoms with E-state index >= 15 is 0 Å². The second kappa shape index (κ2) is 3.06. The first-order chi connectivity index (χ1) is 5.88. The highest BCUT2D eigenvalue weighted by Gasteiger charge is 2.25. The van der Waals surface area contributed by atoms with Crippen molar-refractivity contribution in [2.45, 2.75) is 18.9 Å². The summed E-state index contributed by atoms with van der Waals surface area (Å²) in [5, 5.41) is 0. The minimum absolute atomic E-state index is 0.0301. The van der Waals surface area contributed by atoms with Crippen LogP contribution in [0, 0.1) is 0 Å². The van der Waals surface area contributed by atoms with Crippen molar-refractivity contribution in [1.82, 2.24) is 9.97 Å². The standard InChI is InChI=1S/C8H10N2O2/c11-7(6-2-1-5-12-6)8-9-3-4-10-8/h3-4,6H,1-2,5H2,(H,9,10). The maximum atomic E-state index is 11.5. The summed E-state index contributed by atoms with van der Waals surface area (Å²) in [5.41, 5.74) is 0. The second-order valence-corrected chi connectivity index (χ2v) is 2.80. The summed E-state index contributed by atoms with van der Waals surface area (Å²) in [6, 6.07) is 0. The van der Waals surface area contributed by atoms with E-state index in [4.69, 9.17) is 4.74 Å². The number of imidazole rings is 1. The minimum Gasteiger partial charge on any atom is -0.370 e. The van der Waals surface area contributed by atoms with Gasteiger partial charge in [0.05, 0.1) is 0 Å². The topological polar surface area (TPSA) is 55.0 Å². The molecule has 1 atom stereocenters. The van der Waals surface area contributed by atoms with Gasteiger partial charge in [-0.3, -0.25) is 4.79 Å². The molecule has 4 heteroatoms. The Labute approximate surface area is 70.0 Å². The van der Waals surface area contributed by atoms with Gasteiger partial charge in [0.2, 0.25) is 5.78 Å². The van der Waals surface area contributed by atoms with Gasteiger partial charge in [-0.25, -0.2) is 4.98 Å². The maximum Gasteiger partial charge on any atom is 0.226 e. The number of rotatable bonds is 2. The van der Waals surface area contributed by atoms with Crippen molar-refractivity contribution in [3.63, 3.8) is 0 Å². The third kappa shape index (κ3) is 1.25. The Morgan fingerprint density at radius 1 is 1.75 bits per heavy atom. The Hall–Kier alpha value is -1.16. The third-order valence-electron chi connectivity index (χ3n) is 1.95. The fourth-order valence-electron chi connectivity index (χ4n) is 1.34. The van der Waals surface area contributed by atoms with Gasteiger partial charge in [-0.2, -0.15) is 0 Å². The summed E-state index contributed by atoms with van der Waals surface area (Å²) in [6.07, 6.45) is 4.73. The molecule has 1 fully saturated rings. The highest BCUT2D eigenvalue weighted by Crippen LogP contribution is 2.15. The van der Waals surface area contributed by atoms with Crippen molar-refractivity contribution in [2.75, 3.05) is 6.61 Å². The zero-order valence-electron chi connectivity index (χ0n) is 6.62. The van der Waals surface area contributed by atoms with Gasteiger partial charge in [0, 0.05) is 19.0 Å². The number of Topliss-reactive ketones (excluding diaryl/α,β-unsaturated/α-hetero) is 1. The molecule has 0 amide bonds. The highest BCUT2D eigenvalue weighted by atomic mass is 16.5. The monoisotopic (exact) mass is 166 g/mol. The van der Waals surface area contributed by atoms with Gasteiger partial charge in [0.25, 0.3) is 0 Å². The number of aromatic amines is 1. The van der Waals surface area contributed by atoms with Gasteiger partial charge in [0.1, 0.15) is 6.10 Å². The molecule has 0 aliphatic carbocycles. The fraction of sp³-hybridized carbons (Fsp3) is 0.500. The maximum absolute atomic E-state index is 11.5. The van der Waals surface area contributed by atoms with E-state index in [-0.39, 0.29) is 11.9 Å². The Balaban J connectivity index is 2.09. The van der Waals surface area contributed by atoms with Crippen molar-refractivity contribution < 1.29 is 9.53 Å². The first-order valence-corrected chi connectivity index (χ1v) is 4.03. The van der Waals surface area contributed by atoms with Crippen molar-refractivity contribution in [1.29, 1.82) is 0 Å². The Morgan fingerprint density at radius 2 is 2.67 bits per heavy atom. The third-order valence-corrected chi connectivity index (χ3v) is 1.95. The molecule has 0 radical (unpaired) electrons. The number of nitrogens with zero attached hydrogens (tertiary/aromatic N) is 1. The van der Waals surface area contributed by atoms with Gasteiger partial charge in [-0.15, -0.1) is 0 Å². The lowest BCUT2D eigenvalue weighted by Crippen LogP contribution is -2.20. The molecule has 4 nitrogen and oxygen atoms in total. The largest absolute Gasteiger partial charge is 0.370 e. The first-order valence-electron chi connectivity index (χ1n) is 4.03.